The lowest BCUT2D eigenvalue weighted by molar-refractivity contribution is 0.0950. The number of rotatable bonds is 7. The lowest BCUT2D eigenvalue weighted by Crippen LogP contribution is -2.23. The number of pyridine rings is 2. The number of nitrogens with zero attached hydrogens (tertiary/aromatic N) is 1. The molecule has 0 bridgehead atoms. The molecular formula is C20H19N3O4. The second-order valence-corrected chi connectivity index (χ2v) is 5.63. The summed E-state index contributed by atoms with van der Waals surface area (Å²) >= 11 is 0. The van der Waals surface area contributed by atoms with Gasteiger partial charge in [0.2, 0.25) is 11.4 Å². The van der Waals surface area contributed by atoms with Crippen molar-refractivity contribution < 1.29 is 14.3 Å². The summed E-state index contributed by atoms with van der Waals surface area (Å²) in [7, 11) is 0. The number of nitrogens with one attached hydrogen (secondary N) is 2. The highest BCUT2D eigenvalue weighted by molar-refractivity contribution is 5.93. The van der Waals surface area contributed by atoms with Gasteiger partial charge in [-0.3, -0.25) is 9.59 Å². The Bertz CT molecular complexity index is 947. The lowest BCUT2D eigenvalue weighted by Gasteiger charge is -2.09. The third-order valence-corrected chi connectivity index (χ3v) is 3.66. The summed E-state index contributed by atoms with van der Waals surface area (Å²) < 4.78 is 11.1. The van der Waals surface area contributed by atoms with Crippen LogP contribution in [0.15, 0.2) is 65.7 Å². The minimum Gasteiger partial charge on any atom is -0.494 e. The van der Waals surface area contributed by atoms with E-state index in [-0.39, 0.29) is 11.5 Å². The Morgan fingerprint density at radius 1 is 1.11 bits per heavy atom. The van der Waals surface area contributed by atoms with Crippen LogP contribution in [-0.4, -0.2) is 22.5 Å². The fraction of sp³-hybridized carbons (Fsp3) is 0.150. The fourth-order valence-corrected chi connectivity index (χ4v) is 2.34. The Kier molecular flexibility index (Phi) is 5.84. The molecule has 0 saturated carbocycles. The molecule has 3 rings (SSSR count). The summed E-state index contributed by atoms with van der Waals surface area (Å²) in [4.78, 5) is 29.8. The molecule has 2 heterocycles. The highest BCUT2D eigenvalue weighted by Gasteiger charge is 2.06. The van der Waals surface area contributed by atoms with E-state index >= 15 is 0 Å². The van der Waals surface area contributed by atoms with Crippen LogP contribution in [0.2, 0.25) is 0 Å². The molecule has 7 heteroatoms. The van der Waals surface area contributed by atoms with E-state index in [1.165, 1.54) is 18.3 Å². The fourth-order valence-electron chi connectivity index (χ4n) is 2.34. The third kappa shape index (κ3) is 5.18. The third-order valence-electron chi connectivity index (χ3n) is 3.66. The highest BCUT2D eigenvalue weighted by Crippen LogP contribution is 2.23. The first kappa shape index (κ1) is 18.2. The Morgan fingerprint density at radius 3 is 2.59 bits per heavy atom. The molecule has 0 aliphatic heterocycles. The number of carbonyl (C=O) groups excluding carboxylic acids is 1. The van der Waals surface area contributed by atoms with Crippen molar-refractivity contribution >= 4 is 5.91 Å². The Morgan fingerprint density at radius 2 is 1.89 bits per heavy atom. The zero-order valence-electron chi connectivity index (χ0n) is 14.8. The maximum atomic E-state index is 12.1. The van der Waals surface area contributed by atoms with Gasteiger partial charge in [-0.15, -0.1) is 0 Å². The predicted molar refractivity (Wildman–Crippen MR) is 100 cm³/mol. The zero-order chi connectivity index (χ0) is 19.1. The molecule has 0 atom stereocenters. The average Bonchev–Trinajstić information content (AvgIpc) is 2.69. The molecule has 1 aromatic carbocycles. The molecular weight excluding hydrogens is 346 g/mol. The molecule has 27 heavy (non-hydrogen) atoms. The van der Waals surface area contributed by atoms with Crippen LogP contribution in [0, 0.1) is 0 Å². The Labute approximate surface area is 156 Å². The van der Waals surface area contributed by atoms with Crippen molar-refractivity contribution in [1.82, 2.24) is 15.3 Å². The van der Waals surface area contributed by atoms with E-state index < -0.39 is 0 Å². The van der Waals surface area contributed by atoms with Crippen molar-refractivity contribution in [2.24, 2.45) is 0 Å². The van der Waals surface area contributed by atoms with Crippen molar-refractivity contribution in [3.63, 3.8) is 0 Å². The summed E-state index contributed by atoms with van der Waals surface area (Å²) in [5.41, 5.74) is 0.968. The molecule has 0 spiro atoms. The van der Waals surface area contributed by atoms with Gasteiger partial charge in [-0.2, -0.15) is 0 Å². The summed E-state index contributed by atoms with van der Waals surface area (Å²) in [5, 5.41) is 2.79. The van der Waals surface area contributed by atoms with Gasteiger partial charge in [0, 0.05) is 31.1 Å². The monoisotopic (exact) mass is 365 g/mol. The minimum absolute atomic E-state index is 0.253. The van der Waals surface area contributed by atoms with E-state index in [2.05, 4.69) is 15.3 Å². The van der Waals surface area contributed by atoms with E-state index in [0.717, 1.165) is 11.3 Å². The van der Waals surface area contributed by atoms with E-state index in [1.54, 1.807) is 30.5 Å². The molecule has 0 fully saturated rings. The van der Waals surface area contributed by atoms with Gasteiger partial charge in [0.15, 0.2) is 0 Å². The molecule has 7 nitrogen and oxygen atoms in total. The number of H-pyrrole nitrogens is 1. The maximum Gasteiger partial charge on any atom is 0.253 e. The quantitative estimate of drug-likeness (QED) is 0.671. The van der Waals surface area contributed by atoms with Crippen molar-refractivity contribution in [3.05, 3.63) is 82.4 Å². The first-order valence-electron chi connectivity index (χ1n) is 8.46. The number of amides is 1. The SMILES string of the molecule is CCOc1ccc(Oc2cc(CNC(=O)c3ccc(=O)[nH]c3)ccn2)cc1. The number of hydrogen-bond donors (Lipinski definition) is 2. The number of ether oxygens (including phenoxy) is 2. The smallest absolute Gasteiger partial charge is 0.253 e. The van der Waals surface area contributed by atoms with Crippen molar-refractivity contribution in [2.75, 3.05) is 6.61 Å². The summed E-state index contributed by atoms with van der Waals surface area (Å²) in [6.45, 7) is 2.84. The van der Waals surface area contributed by atoms with E-state index in [1.807, 2.05) is 19.1 Å². The van der Waals surface area contributed by atoms with Crippen LogP contribution < -0.4 is 20.3 Å². The normalized spacial score (nSPS) is 10.3. The molecule has 2 aromatic heterocycles. The van der Waals surface area contributed by atoms with Crippen molar-refractivity contribution in [3.8, 4) is 17.4 Å². The molecule has 0 saturated heterocycles. The number of aromatic amines is 1. The summed E-state index contributed by atoms with van der Waals surface area (Å²) in [6, 6.07) is 13.6. The van der Waals surface area contributed by atoms with Gasteiger partial charge in [0.25, 0.3) is 5.91 Å². The van der Waals surface area contributed by atoms with Gasteiger partial charge in [-0.05, 0) is 48.9 Å². The average molecular weight is 365 g/mol. The second-order valence-electron chi connectivity index (χ2n) is 5.63. The van der Waals surface area contributed by atoms with Crippen molar-refractivity contribution in [1.29, 1.82) is 0 Å². The molecule has 3 aromatic rings. The summed E-state index contributed by atoms with van der Waals surface area (Å²) in [6.07, 6.45) is 3.00. The standard InChI is InChI=1S/C20H19N3O4/c1-2-26-16-4-6-17(7-5-16)27-19-11-14(9-10-21-19)12-23-20(25)15-3-8-18(24)22-13-15/h3-11,13H,2,12H2,1H3,(H,22,24)(H,23,25). The van der Waals surface area contributed by atoms with Gasteiger partial charge in [-0.1, -0.05) is 0 Å². The minimum atomic E-state index is -0.281. The van der Waals surface area contributed by atoms with Crippen LogP contribution in [0.3, 0.4) is 0 Å². The van der Waals surface area contributed by atoms with Crippen LogP contribution in [0.1, 0.15) is 22.8 Å². The van der Waals surface area contributed by atoms with Gasteiger partial charge in [0.05, 0.1) is 12.2 Å². The number of carbonyl (C=O) groups is 1. The van der Waals surface area contributed by atoms with Gasteiger partial charge in [-0.25, -0.2) is 4.98 Å². The van der Waals surface area contributed by atoms with Crippen LogP contribution in [0.5, 0.6) is 17.4 Å². The van der Waals surface area contributed by atoms with Crippen LogP contribution in [0.4, 0.5) is 0 Å². The topological polar surface area (TPSA) is 93.3 Å². The summed E-state index contributed by atoms with van der Waals surface area (Å²) in [5.74, 6) is 1.56. The molecule has 1 amide bonds. The van der Waals surface area contributed by atoms with Gasteiger partial charge in [0.1, 0.15) is 11.5 Å². The predicted octanol–water partition coefficient (Wildman–Crippen LogP) is 2.89. The molecule has 0 radical (unpaired) electrons. The van der Waals surface area contributed by atoms with Gasteiger partial charge >= 0.3 is 0 Å². The zero-order valence-corrected chi connectivity index (χ0v) is 14.8. The number of hydrogen-bond acceptors (Lipinski definition) is 5. The second kappa shape index (κ2) is 8.66. The molecule has 2 N–H and O–H groups in total. The molecule has 138 valence electrons. The first-order valence-corrected chi connectivity index (χ1v) is 8.46. The van der Waals surface area contributed by atoms with Gasteiger partial charge < -0.3 is 19.8 Å². The Balaban J connectivity index is 1.60. The lowest BCUT2D eigenvalue weighted by atomic mass is 10.2. The van der Waals surface area contributed by atoms with E-state index in [4.69, 9.17) is 9.47 Å². The molecule has 0 unspecified atom stereocenters. The molecule has 0 aliphatic carbocycles. The number of aromatic nitrogens is 2. The van der Waals surface area contributed by atoms with E-state index in [9.17, 15) is 9.59 Å². The van der Waals surface area contributed by atoms with Crippen LogP contribution in [0.25, 0.3) is 0 Å². The first-order chi connectivity index (χ1) is 13.1. The molecule has 0 aliphatic rings. The van der Waals surface area contributed by atoms with Crippen molar-refractivity contribution in [2.45, 2.75) is 13.5 Å². The van der Waals surface area contributed by atoms with Crippen LogP contribution in [-0.2, 0) is 6.54 Å². The largest absolute Gasteiger partial charge is 0.494 e. The van der Waals surface area contributed by atoms with E-state index in [0.29, 0.717) is 30.3 Å². The highest BCUT2D eigenvalue weighted by atomic mass is 16.5. The number of benzene rings is 1. The van der Waals surface area contributed by atoms with Crippen LogP contribution >= 0.6 is 0 Å². The Hall–Kier alpha value is -3.61. The maximum absolute atomic E-state index is 12.1.